The second-order valence-electron chi connectivity index (χ2n) is 6.21. The highest BCUT2D eigenvalue weighted by molar-refractivity contribution is 7.89. The first-order valence-electron chi connectivity index (χ1n) is 8.18. The molecule has 0 radical (unpaired) electrons. The van der Waals surface area contributed by atoms with Crippen LogP contribution in [0.4, 0.5) is 0 Å². The van der Waals surface area contributed by atoms with Crippen molar-refractivity contribution in [1.82, 2.24) is 14.6 Å². The van der Waals surface area contributed by atoms with Crippen LogP contribution in [0.3, 0.4) is 0 Å². The number of sulfonamides is 1. The number of nitrogens with zero attached hydrogens (tertiary/aromatic N) is 2. The van der Waals surface area contributed by atoms with Gasteiger partial charge in [-0.05, 0) is 44.5 Å². The standard InChI is InChI=1S/C17H23N3O3S/c1-13-19-17(12-23-13)15-5-7-16(8-6-15)24(21,22)20-9-3-4-14(11-20)10-18-2/h5-8,12,14,18H,3-4,9-11H2,1-2H3. The molecule has 0 saturated carbocycles. The number of rotatable bonds is 5. The van der Waals surface area contributed by atoms with E-state index in [-0.39, 0.29) is 0 Å². The lowest BCUT2D eigenvalue weighted by molar-refractivity contribution is 0.263. The van der Waals surface area contributed by atoms with Gasteiger partial charge in [0.25, 0.3) is 0 Å². The van der Waals surface area contributed by atoms with Crippen LogP contribution in [0, 0.1) is 12.8 Å². The number of benzene rings is 1. The van der Waals surface area contributed by atoms with Gasteiger partial charge in [0.15, 0.2) is 5.89 Å². The topological polar surface area (TPSA) is 75.4 Å². The van der Waals surface area contributed by atoms with Crippen LogP contribution in [0.15, 0.2) is 39.8 Å². The molecule has 130 valence electrons. The molecular weight excluding hydrogens is 326 g/mol. The smallest absolute Gasteiger partial charge is 0.243 e. The van der Waals surface area contributed by atoms with Crippen LogP contribution in [0.5, 0.6) is 0 Å². The molecule has 0 amide bonds. The molecule has 7 heteroatoms. The lowest BCUT2D eigenvalue weighted by Gasteiger charge is -2.31. The van der Waals surface area contributed by atoms with Crippen molar-refractivity contribution in [3.05, 3.63) is 36.4 Å². The van der Waals surface area contributed by atoms with E-state index in [1.165, 1.54) is 0 Å². The highest BCUT2D eigenvalue weighted by atomic mass is 32.2. The molecule has 0 spiro atoms. The van der Waals surface area contributed by atoms with Gasteiger partial charge in [-0.1, -0.05) is 12.1 Å². The number of nitrogens with one attached hydrogen (secondary N) is 1. The molecule has 1 aromatic carbocycles. The maximum Gasteiger partial charge on any atom is 0.243 e. The van der Waals surface area contributed by atoms with Gasteiger partial charge in [0.2, 0.25) is 10.0 Å². The predicted molar refractivity (Wildman–Crippen MR) is 92.1 cm³/mol. The normalized spacial score (nSPS) is 19.5. The number of aryl methyl sites for hydroxylation is 1. The zero-order valence-corrected chi connectivity index (χ0v) is 14.8. The average Bonchev–Trinajstić information content (AvgIpc) is 3.02. The van der Waals surface area contributed by atoms with E-state index in [0.717, 1.165) is 24.9 Å². The summed E-state index contributed by atoms with van der Waals surface area (Å²) >= 11 is 0. The molecule has 24 heavy (non-hydrogen) atoms. The lowest BCUT2D eigenvalue weighted by atomic mass is 10.00. The van der Waals surface area contributed by atoms with Gasteiger partial charge in [0.05, 0.1) is 4.90 Å². The van der Waals surface area contributed by atoms with E-state index in [4.69, 9.17) is 4.42 Å². The Hall–Kier alpha value is -1.70. The summed E-state index contributed by atoms with van der Waals surface area (Å²) in [6, 6.07) is 6.85. The molecule has 1 unspecified atom stereocenters. The molecule has 0 aliphatic carbocycles. The molecular formula is C17H23N3O3S. The fraction of sp³-hybridized carbons (Fsp3) is 0.471. The average molecular weight is 349 g/mol. The molecule has 0 bridgehead atoms. The van der Waals surface area contributed by atoms with Gasteiger partial charge < -0.3 is 9.73 Å². The van der Waals surface area contributed by atoms with Crippen molar-refractivity contribution in [3.8, 4) is 11.3 Å². The summed E-state index contributed by atoms with van der Waals surface area (Å²) in [5.41, 5.74) is 1.56. The van der Waals surface area contributed by atoms with Crippen molar-refractivity contribution in [2.45, 2.75) is 24.7 Å². The summed E-state index contributed by atoms with van der Waals surface area (Å²) < 4.78 is 32.5. The highest BCUT2D eigenvalue weighted by Crippen LogP contribution is 2.26. The van der Waals surface area contributed by atoms with E-state index < -0.39 is 10.0 Å². The summed E-state index contributed by atoms with van der Waals surface area (Å²) in [6.07, 6.45) is 3.55. The number of hydrogen-bond donors (Lipinski definition) is 1. The minimum Gasteiger partial charge on any atom is -0.449 e. The molecule has 1 atom stereocenters. The molecule has 1 aliphatic rings. The van der Waals surface area contributed by atoms with Gasteiger partial charge in [-0.2, -0.15) is 4.31 Å². The Morgan fingerprint density at radius 3 is 2.71 bits per heavy atom. The SMILES string of the molecule is CNCC1CCCN(S(=O)(=O)c2ccc(-c3coc(C)n3)cc2)C1. The zero-order chi connectivity index (χ0) is 17.2. The molecule has 1 aliphatic heterocycles. The van der Waals surface area contributed by atoms with Crippen LogP contribution in [-0.2, 0) is 10.0 Å². The van der Waals surface area contributed by atoms with Gasteiger partial charge in [-0.3, -0.25) is 0 Å². The first kappa shape index (κ1) is 17.1. The Bertz CT molecular complexity index is 782. The van der Waals surface area contributed by atoms with E-state index >= 15 is 0 Å². The van der Waals surface area contributed by atoms with Crippen molar-refractivity contribution in [3.63, 3.8) is 0 Å². The Labute approximate surface area is 142 Å². The fourth-order valence-corrected chi connectivity index (χ4v) is 4.70. The van der Waals surface area contributed by atoms with Crippen LogP contribution >= 0.6 is 0 Å². The van der Waals surface area contributed by atoms with Crippen molar-refractivity contribution in [2.75, 3.05) is 26.7 Å². The van der Waals surface area contributed by atoms with Crippen LogP contribution < -0.4 is 5.32 Å². The zero-order valence-electron chi connectivity index (χ0n) is 14.0. The molecule has 1 N–H and O–H groups in total. The van der Waals surface area contributed by atoms with Crippen LogP contribution in [0.25, 0.3) is 11.3 Å². The van der Waals surface area contributed by atoms with Gasteiger partial charge >= 0.3 is 0 Å². The monoisotopic (exact) mass is 349 g/mol. The number of piperidine rings is 1. The Morgan fingerprint density at radius 2 is 2.08 bits per heavy atom. The van der Waals surface area contributed by atoms with Crippen LogP contribution in [-0.4, -0.2) is 44.4 Å². The van der Waals surface area contributed by atoms with Gasteiger partial charge in [0, 0.05) is 25.6 Å². The number of oxazole rings is 1. The summed E-state index contributed by atoms with van der Waals surface area (Å²) in [6.45, 7) is 3.79. The second-order valence-corrected chi connectivity index (χ2v) is 8.14. The largest absolute Gasteiger partial charge is 0.449 e. The summed E-state index contributed by atoms with van der Waals surface area (Å²) in [5, 5.41) is 3.14. The molecule has 1 fully saturated rings. The second kappa shape index (κ2) is 7.04. The maximum atomic E-state index is 12.9. The third kappa shape index (κ3) is 3.53. The summed E-state index contributed by atoms with van der Waals surface area (Å²) in [5.74, 6) is 0.960. The van der Waals surface area contributed by atoms with Crippen molar-refractivity contribution in [2.24, 2.45) is 5.92 Å². The molecule has 3 rings (SSSR count). The number of hydrogen-bond acceptors (Lipinski definition) is 5. The van der Waals surface area contributed by atoms with E-state index in [2.05, 4.69) is 10.3 Å². The summed E-state index contributed by atoms with van der Waals surface area (Å²) in [7, 11) is -1.54. The van der Waals surface area contributed by atoms with Crippen LogP contribution in [0.1, 0.15) is 18.7 Å². The molecule has 1 aromatic heterocycles. The Morgan fingerprint density at radius 1 is 1.33 bits per heavy atom. The summed E-state index contributed by atoms with van der Waals surface area (Å²) in [4.78, 5) is 4.59. The van der Waals surface area contributed by atoms with E-state index in [1.54, 1.807) is 41.8 Å². The third-order valence-electron chi connectivity index (χ3n) is 4.38. The quantitative estimate of drug-likeness (QED) is 0.896. The van der Waals surface area contributed by atoms with Gasteiger partial charge in [0.1, 0.15) is 12.0 Å². The predicted octanol–water partition coefficient (Wildman–Crippen LogP) is 2.27. The van der Waals surface area contributed by atoms with E-state index in [1.807, 2.05) is 7.05 Å². The van der Waals surface area contributed by atoms with E-state index in [0.29, 0.717) is 35.5 Å². The maximum absolute atomic E-state index is 12.9. The Balaban J connectivity index is 1.79. The van der Waals surface area contributed by atoms with Gasteiger partial charge in [-0.15, -0.1) is 0 Å². The third-order valence-corrected chi connectivity index (χ3v) is 6.26. The molecule has 6 nitrogen and oxygen atoms in total. The van der Waals surface area contributed by atoms with Crippen molar-refractivity contribution < 1.29 is 12.8 Å². The molecule has 2 aromatic rings. The van der Waals surface area contributed by atoms with Crippen molar-refractivity contribution >= 4 is 10.0 Å². The van der Waals surface area contributed by atoms with Gasteiger partial charge in [-0.25, -0.2) is 13.4 Å². The highest BCUT2D eigenvalue weighted by Gasteiger charge is 2.29. The molecule has 2 heterocycles. The van der Waals surface area contributed by atoms with E-state index in [9.17, 15) is 8.42 Å². The lowest BCUT2D eigenvalue weighted by Crippen LogP contribution is -2.42. The molecule has 1 saturated heterocycles. The number of aromatic nitrogens is 1. The van der Waals surface area contributed by atoms with Crippen molar-refractivity contribution in [1.29, 1.82) is 0 Å². The minimum absolute atomic E-state index is 0.330. The minimum atomic E-state index is -3.45. The Kier molecular flexibility index (Phi) is 5.03. The van der Waals surface area contributed by atoms with Crippen LogP contribution in [0.2, 0.25) is 0 Å². The first-order valence-corrected chi connectivity index (χ1v) is 9.62. The first-order chi connectivity index (χ1) is 11.5. The fourth-order valence-electron chi connectivity index (χ4n) is 3.14.